The summed E-state index contributed by atoms with van der Waals surface area (Å²) >= 11 is 3.35. The lowest BCUT2D eigenvalue weighted by molar-refractivity contribution is 0.0938. The molecule has 1 unspecified atom stereocenters. The lowest BCUT2D eigenvalue weighted by atomic mass is 10.0. The predicted molar refractivity (Wildman–Crippen MR) is 111 cm³/mol. The highest BCUT2D eigenvalue weighted by atomic mass is 79.9. The molecule has 1 atom stereocenters. The first-order valence-corrected chi connectivity index (χ1v) is 11.3. The van der Waals surface area contributed by atoms with E-state index < -0.39 is 10.0 Å². The Kier molecular flexibility index (Phi) is 6.12. The molecule has 1 saturated carbocycles. The monoisotopic (exact) mass is 466 g/mol. The normalized spacial score (nSPS) is 15.1. The van der Waals surface area contributed by atoms with Crippen LogP contribution in [0.3, 0.4) is 0 Å². The van der Waals surface area contributed by atoms with E-state index in [1.54, 1.807) is 13.2 Å². The molecule has 0 heterocycles. The van der Waals surface area contributed by atoms with Crippen molar-refractivity contribution >= 4 is 31.9 Å². The van der Waals surface area contributed by atoms with Gasteiger partial charge in [-0.2, -0.15) is 0 Å². The van der Waals surface area contributed by atoms with Crippen LogP contribution in [0.5, 0.6) is 5.75 Å². The molecule has 1 aliphatic rings. The summed E-state index contributed by atoms with van der Waals surface area (Å²) in [7, 11) is -2.05. The maximum absolute atomic E-state index is 12.9. The van der Waals surface area contributed by atoms with E-state index in [1.165, 1.54) is 12.1 Å². The average Bonchev–Trinajstić information content (AvgIpc) is 3.45. The van der Waals surface area contributed by atoms with Gasteiger partial charge in [-0.05, 0) is 66.9 Å². The molecule has 1 amide bonds. The van der Waals surface area contributed by atoms with Crippen molar-refractivity contribution in [3.63, 3.8) is 0 Å². The Morgan fingerprint density at radius 1 is 1.21 bits per heavy atom. The summed E-state index contributed by atoms with van der Waals surface area (Å²) in [6.07, 6.45) is 1.69. The van der Waals surface area contributed by atoms with Gasteiger partial charge in [-0.1, -0.05) is 17.7 Å². The van der Waals surface area contributed by atoms with Crippen LogP contribution in [0.4, 0.5) is 0 Å². The van der Waals surface area contributed by atoms with Crippen molar-refractivity contribution in [2.24, 2.45) is 0 Å². The number of benzene rings is 2. The van der Waals surface area contributed by atoms with Crippen LogP contribution in [0.1, 0.15) is 47.3 Å². The minimum absolute atomic E-state index is 0.000249. The van der Waals surface area contributed by atoms with E-state index in [2.05, 4.69) is 26.0 Å². The molecule has 8 heteroatoms. The Hall–Kier alpha value is -1.90. The van der Waals surface area contributed by atoms with Crippen molar-refractivity contribution in [1.82, 2.24) is 10.0 Å². The maximum Gasteiger partial charge on any atom is 0.252 e. The second kappa shape index (κ2) is 8.23. The maximum atomic E-state index is 12.9. The second-order valence-electron chi connectivity index (χ2n) is 6.98. The third-order valence-corrected chi connectivity index (χ3v) is 6.80. The van der Waals surface area contributed by atoms with E-state index >= 15 is 0 Å². The minimum atomic E-state index is -3.64. The first-order valence-electron chi connectivity index (χ1n) is 8.98. The van der Waals surface area contributed by atoms with Crippen LogP contribution in [0.2, 0.25) is 0 Å². The average molecular weight is 467 g/mol. The van der Waals surface area contributed by atoms with Gasteiger partial charge in [-0.25, -0.2) is 13.1 Å². The molecule has 1 aliphatic carbocycles. The van der Waals surface area contributed by atoms with Gasteiger partial charge in [-0.15, -0.1) is 0 Å². The van der Waals surface area contributed by atoms with Gasteiger partial charge in [0.2, 0.25) is 10.0 Å². The lowest BCUT2D eigenvalue weighted by Crippen LogP contribution is -2.29. The summed E-state index contributed by atoms with van der Waals surface area (Å²) in [4.78, 5) is 12.9. The lowest BCUT2D eigenvalue weighted by Gasteiger charge is -2.19. The van der Waals surface area contributed by atoms with Crippen molar-refractivity contribution in [1.29, 1.82) is 0 Å². The largest absolute Gasteiger partial charge is 0.496 e. The fraction of sp³-hybridized carbons (Fsp3) is 0.350. The number of carbonyl (C=O) groups excluding carboxylic acids is 1. The molecule has 0 aliphatic heterocycles. The van der Waals surface area contributed by atoms with E-state index in [1.807, 2.05) is 32.0 Å². The number of rotatable bonds is 7. The number of amides is 1. The van der Waals surface area contributed by atoms with Crippen molar-refractivity contribution in [2.75, 3.05) is 7.11 Å². The number of carbonyl (C=O) groups is 1. The van der Waals surface area contributed by atoms with Gasteiger partial charge in [-0.3, -0.25) is 4.79 Å². The molecule has 0 bridgehead atoms. The summed E-state index contributed by atoms with van der Waals surface area (Å²) in [5, 5.41) is 2.92. The van der Waals surface area contributed by atoms with E-state index in [9.17, 15) is 13.2 Å². The molecule has 6 nitrogen and oxygen atoms in total. The number of aryl methyl sites for hydroxylation is 1. The van der Waals surface area contributed by atoms with E-state index in [0.717, 1.165) is 24.0 Å². The number of sulfonamides is 1. The Labute approximate surface area is 173 Å². The van der Waals surface area contributed by atoms with Gasteiger partial charge in [0, 0.05) is 16.1 Å². The van der Waals surface area contributed by atoms with Gasteiger partial charge in [0.25, 0.3) is 5.91 Å². The van der Waals surface area contributed by atoms with E-state index in [-0.39, 0.29) is 28.4 Å². The second-order valence-corrected chi connectivity index (χ2v) is 9.55. The van der Waals surface area contributed by atoms with Gasteiger partial charge < -0.3 is 10.1 Å². The van der Waals surface area contributed by atoms with Gasteiger partial charge in [0.15, 0.2) is 0 Å². The van der Waals surface area contributed by atoms with Gasteiger partial charge >= 0.3 is 0 Å². The molecular weight excluding hydrogens is 444 g/mol. The highest BCUT2D eigenvalue weighted by Gasteiger charge is 2.29. The van der Waals surface area contributed by atoms with Crippen molar-refractivity contribution < 1.29 is 17.9 Å². The summed E-state index contributed by atoms with van der Waals surface area (Å²) in [5.41, 5.74) is 2.17. The highest BCUT2D eigenvalue weighted by molar-refractivity contribution is 9.10. The standard InChI is InChI=1S/C20H23BrN2O4S/c1-12-4-9-19(27-3)16(10-12)13(2)22-20(24)17-11-15(7-8-18(17)21)28(25,26)23-14-5-6-14/h4,7-11,13-14,23H,5-6H2,1-3H3,(H,22,24). The number of nitrogens with one attached hydrogen (secondary N) is 2. The topological polar surface area (TPSA) is 84.5 Å². The number of halogens is 1. The fourth-order valence-corrected chi connectivity index (χ4v) is 4.64. The van der Waals surface area contributed by atoms with Crippen LogP contribution in [0, 0.1) is 6.92 Å². The van der Waals surface area contributed by atoms with Crippen LogP contribution in [0.25, 0.3) is 0 Å². The molecule has 0 saturated heterocycles. The highest BCUT2D eigenvalue weighted by Crippen LogP contribution is 2.28. The summed E-state index contributed by atoms with van der Waals surface area (Å²) in [6.45, 7) is 3.83. The smallest absolute Gasteiger partial charge is 0.252 e. The number of hydrogen-bond donors (Lipinski definition) is 2. The van der Waals surface area contributed by atoms with Crippen LogP contribution < -0.4 is 14.8 Å². The quantitative estimate of drug-likeness (QED) is 0.651. The summed E-state index contributed by atoms with van der Waals surface area (Å²) in [6, 6.07) is 9.89. The predicted octanol–water partition coefficient (Wildman–Crippen LogP) is 3.70. The molecule has 0 spiro atoms. The molecule has 1 fully saturated rings. The molecule has 0 radical (unpaired) electrons. The van der Waals surface area contributed by atoms with E-state index in [0.29, 0.717) is 10.2 Å². The van der Waals surface area contributed by atoms with Crippen molar-refractivity contribution in [3.8, 4) is 5.75 Å². The summed E-state index contributed by atoms with van der Waals surface area (Å²) < 4.78 is 33.5. The van der Waals surface area contributed by atoms with Crippen LogP contribution in [0.15, 0.2) is 45.8 Å². The molecule has 2 aromatic rings. The Balaban J connectivity index is 1.84. The zero-order valence-corrected chi connectivity index (χ0v) is 18.4. The third-order valence-electron chi connectivity index (χ3n) is 4.59. The zero-order valence-electron chi connectivity index (χ0n) is 16.0. The molecule has 2 N–H and O–H groups in total. The Morgan fingerprint density at radius 2 is 1.93 bits per heavy atom. The molecule has 28 heavy (non-hydrogen) atoms. The van der Waals surface area contributed by atoms with Crippen LogP contribution in [-0.4, -0.2) is 27.5 Å². The van der Waals surface area contributed by atoms with Crippen LogP contribution >= 0.6 is 15.9 Å². The van der Waals surface area contributed by atoms with E-state index in [4.69, 9.17) is 4.74 Å². The molecule has 3 rings (SSSR count). The molecule has 150 valence electrons. The van der Waals surface area contributed by atoms with Gasteiger partial charge in [0.1, 0.15) is 5.75 Å². The Bertz CT molecular complexity index is 1000. The number of ether oxygens (including phenoxy) is 1. The third kappa shape index (κ3) is 4.74. The SMILES string of the molecule is COc1ccc(C)cc1C(C)NC(=O)c1cc(S(=O)(=O)NC2CC2)ccc1Br. The fourth-order valence-electron chi connectivity index (χ4n) is 2.88. The first kappa shape index (κ1) is 20.8. The molecule has 0 aromatic heterocycles. The number of hydrogen-bond acceptors (Lipinski definition) is 4. The zero-order chi connectivity index (χ0) is 20.5. The molecular formula is C20H23BrN2O4S. The Morgan fingerprint density at radius 3 is 2.57 bits per heavy atom. The van der Waals surface area contributed by atoms with Crippen molar-refractivity contribution in [2.45, 2.75) is 43.7 Å². The first-order chi connectivity index (χ1) is 13.2. The minimum Gasteiger partial charge on any atom is -0.496 e. The van der Waals surface area contributed by atoms with Gasteiger partial charge in [0.05, 0.1) is 23.6 Å². The number of methoxy groups -OCH3 is 1. The summed E-state index contributed by atoms with van der Waals surface area (Å²) in [5.74, 6) is 0.314. The van der Waals surface area contributed by atoms with Crippen molar-refractivity contribution in [3.05, 3.63) is 57.6 Å². The van der Waals surface area contributed by atoms with Crippen LogP contribution in [-0.2, 0) is 10.0 Å². The molecule has 2 aromatic carbocycles.